The number of aromatic hydroxyl groups is 1. The molecule has 5 rings (SSSR count). The fourth-order valence-corrected chi connectivity index (χ4v) is 7.19. The molecule has 0 spiro atoms. The van der Waals surface area contributed by atoms with Crippen LogP contribution in [-0.4, -0.2) is 37.4 Å². The Morgan fingerprint density at radius 3 is 2.94 bits per heavy atom. The average Bonchev–Trinajstić information content (AvgIpc) is 3.02. The molecule has 3 fully saturated rings. The molecule has 0 aromatic heterocycles. The summed E-state index contributed by atoms with van der Waals surface area (Å²) in [7, 11) is 1.59. The monoisotopic (exact) mass is 426 g/mol. The number of fused-ring (bicyclic) bond motifs is 3. The molecule has 1 saturated heterocycles. The molecular weight excluding hydrogens is 390 g/mol. The second-order valence-corrected chi connectivity index (χ2v) is 10.7. The third kappa shape index (κ3) is 3.36. The van der Waals surface area contributed by atoms with E-state index in [1.54, 1.807) is 7.11 Å². The van der Waals surface area contributed by atoms with E-state index < -0.39 is 0 Å². The number of carbonyl (C=O) groups is 1. The molecule has 0 bridgehead atoms. The van der Waals surface area contributed by atoms with Gasteiger partial charge in [-0.2, -0.15) is 0 Å². The van der Waals surface area contributed by atoms with Crippen LogP contribution in [0.4, 0.5) is 0 Å². The molecule has 5 nitrogen and oxygen atoms in total. The molecule has 168 valence electrons. The van der Waals surface area contributed by atoms with Gasteiger partial charge in [-0.05, 0) is 68.1 Å². The number of phenols is 1. The van der Waals surface area contributed by atoms with Gasteiger partial charge in [-0.15, -0.1) is 0 Å². The molecule has 2 aliphatic carbocycles. The van der Waals surface area contributed by atoms with E-state index in [-0.39, 0.29) is 35.2 Å². The Kier molecular flexibility index (Phi) is 5.08. The van der Waals surface area contributed by atoms with Crippen molar-refractivity contribution in [1.29, 1.82) is 0 Å². The van der Waals surface area contributed by atoms with Crippen LogP contribution in [0.2, 0.25) is 0 Å². The standard InChI is InChI=1S/C26H35NO4/c1-15-6-5-8-26(3)13-24-19(11-21(15)26)20(25(29)31-24)14-27-9-7-17-10-22(28)23(30-4)12-18(17)16(27)2/h10,12,16,19-21,24,28H,1,5-9,11,13-14H2,2-4H3/p+1/t16-,19-,20-,21-,24-,26-/m1/s1. The summed E-state index contributed by atoms with van der Waals surface area (Å²) in [4.78, 5) is 14.4. The Hall–Kier alpha value is -2.01. The highest BCUT2D eigenvalue weighted by Crippen LogP contribution is 2.56. The van der Waals surface area contributed by atoms with Gasteiger partial charge in [0.15, 0.2) is 11.5 Å². The maximum absolute atomic E-state index is 13.0. The van der Waals surface area contributed by atoms with Crippen molar-refractivity contribution in [3.8, 4) is 11.5 Å². The maximum Gasteiger partial charge on any atom is 0.315 e. The number of allylic oxidation sites excluding steroid dienone is 1. The second-order valence-electron chi connectivity index (χ2n) is 10.7. The van der Waals surface area contributed by atoms with Crippen molar-refractivity contribution in [2.45, 2.75) is 64.5 Å². The van der Waals surface area contributed by atoms with Gasteiger partial charge in [-0.25, -0.2) is 0 Å². The van der Waals surface area contributed by atoms with Crippen molar-refractivity contribution >= 4 is 5.97 Å². The van der Waals surface area contributed by atoms with E-state index in [0.717, 1.165) is 38.8 Å². The summed E-state index contributed by atoms with van der Waals surface area (Å²) in [5.41, 5.74) is 4.04. The second kappa shape index (κ2) is 7.54. The highest BCUT2D eigenvalue weighted by Gasteiger charge is 2.56. The van der Waals surface area contributed by atoms with Gasteiger partial charge in [0.2, 0.25) is 0 Å². The van der Waals surface area contributed by atoms with Crippen LogP contribution in [0, 0.1) is 23.2 Å². The summed E-state index contributed by atoms with van der Waals surface area (Å²) in [6, 6.07) is 4.07. The van der Waals surface area contributed by atoms with E-state index in [9.17, 15) is 9.90 Å². The SMILES string of the molecule is C=C1CCC[C@]2(C)C[C@H]3OC(=O)[C@H](C[NH+]4CCc5cc(O)c(OC)cc5[C@H]4C)[C@H]3C[C@H]12. The molecule has 2 heterocycles. The molecule has 1 aromatic carbocycles. The number of phenolic OH excluding ortho intramolecular Hbond substituents is 1. The molecule has 5 heteroatoms. The number of hydrogen-bond acceptors (Lipinski definition) is 4. The normalized spacial score (nSPS) is 39.3. The van der Waals surface area contributed by atoms with Crippen molar-refractivity contribution in [3.05, 3.63) is 35.4 Å². The first-order chi connectivity index (χ1) is 14.8. The number of quaternary nitrogens is 1. The lowest BCUT2D eigenvalue weighted by atomic mass is 9.55. The zero-order valence-corrected chi connectivity index (χ0v) is 19.1. The van der Waals surface area contributed by atoms with Crippen molar-refractivity contribution in [2.24, 2.45) is 23.2 Å². The zero-order valence-electron chi connectivity index (χ0n) is 19.1. The number of esters is 1. The third-order valence-corrected chi connectivity index (χ3v) is 9.04. The molecule has 0 radical (unpaired) electrons. The Labute approximate surface area is 185 Å². The molecule has 2 N–H and O–H groups in total. The number of carbonyl (C=O) groups excluding carboxylic acids is 1. The lowest BCUT2D eigenvalue weighted by Gasteiger charge is -2.50. The summed E-state index contributed by atoms with van der Waals surface area (Å²) in [6.45, 7) is 10.8. The van der Waals surface area contributed by atoms with E-state index in [2.05, 4.69) is 20.4 Å². The summed E-state index contributed by atoms with van der Waals surface area (Å²) in [6.07, 6.45) is 6.60. The smallest absolute Gasteiger partial charge is 0.315 e. The fraction of sp³-hybridized carbons (Fsp3) is 0.654. The number of benzene rings is 1. The first kappa shape index (κ1) is 20.9. The molecule has 1 unspecified atom stereocenters. The molecule has 7 atom stereocenters. The number of hydrogen-bond donors (Lipinski definition) is 2. The minimum absolute atomic E-state index is 0.0108. The lowest BCUT2D eigenvalue weighted by Crippen LogP contribution is -3.13. The van der Waals surface area contributed by atoms with E-state index in [4.69, 9.17) is 9.47 Å². The van der Waals surface area contributed by atoms with Gasteiger partial charge in [-0.1, -0.05) is 19.1 Å². The van der Waals surface area contributed by atoms with Gasteiger partial charge in [0.1, 0.15) is 18.1 Å². The Balaban J connectivity index is 1.36. The minimum atomic E-state index is -0.0257. The van der Waals surface area contributed by atoms with Crippen LogP contribution in [-0.2, 0) is 16.0 Å². The van der Waals surface area contributed by atoms with Crippen LogP contribution in [0.15, 0.2) is 24.3 Å². The minimum Gasteiger partial charge on any atom is -0.504 e. The quantitative estimate of drug-likeness (QED) is 0.576. The van der Waals surface area contributed by atoms with E-state index >= 15 is 0 Å². The predicted molar refractivity (Wildman–Crippen MR) is 118 cm³/mol. The predicted octanol–water partition coefficient (Wildman–Crippen LogP) is 3.22. The Morgan fingerprint density at radius 1 is 1.35 bits per heavy atom. The van der Waals surface area contributed by atoms with Crippen molar-refractivity contribution < 1.29 is 24.3 Å². The van der Waals surface area contributed by atoms with Crippen molar-refractivity contribution in [3.63, 3.8) is 0 Å². The summed E-state index contributed by atoms with van der Waals surface area (Å²) in [5, 5.41) is 10.1. The molecule has 2 aliphatic heterocycles. The van der Waals surface area contributed by atoms with Gasteiger partial charge in [0, 0.05) is 17.9 Å². The highest BCUT2D eigenvalue weighted by molar-refractivity contribution is 5.75. The van der Waals surface area contributed by atoms with Crippen LogP contribution in [0.1, 0.15) is 63.1 Å². The van der Waals surface area contributed by atoms with Gasteiger partial charge in [0.05, 0.1) is 20.2 Å². The molecule has 4 aliphatic rings. The van der Waals surface area contributed by atoms with Crippen LogP contribution in [0.5, 0.6) is 11.5 Å². The number of ether oxygens (including phenoxy) is 2. The van der Waals surface area contributed by atoms with Crippen molar-refractivity contribution in [1.82, 2.24) is 0 Å². The molecule has 1 aromatic rings. The molecule has 2 saturated carbocycles. The molecular formula is C26H36NO4+. The van der Waals surface area contributed by atoms with Gasteiger partial charge in [0.25, 0.3) is 0 Å². The topological polar surface area (TPSA) is 60.2 Å². The summed E-state index contributed by atoms with van der Waals surface area (Å²) >= 11 is 0. The van der Waals surface area contributed by atoms with Gasteiger partial charge in [-0.3, -0.25) is 4.79 Å². The molecule has 0 amide bonds. The van der Waals surface area contributed by atoms with Crippen LogP contribution in [0.3, 0.4) is 0 Å². The average molecular weight is 427 g/mol. The Morgan fingerprint density at radius 2 is 2.16 bits per heavy atom. The van der Waals surface area contributed by atoms with Crippen LogP contribution < -0.4 is 9.64 Å². The summed E-state index contributed by atoms with van der Waals surface area (Å²) in [5.74, 6) is 1.56. The maximum atomic E-state index is 13.0. The first-order valence-corrected chi connectivity index (χ1v) is 11.9. The largest absolute Gasteiger partial charge is 0.504 e. The van der Waals surface area contributed by atoms with Crippen molar-refractivity contribution in [2.75, 3.05) is 20.2 Å². The molecule has 31 heavy (non-hydrogen) atoms. The first-order valence-electron chi connectivity index (χ1n) is 11.9. The van der Waals surface area contributed by atoms with Crippen LogP contribution in [0.25, 0.3) is 0 Å². The highest BCUT2D eigenvalue weighted by atomic mass is 16.6. The van der Waals surface area contributed by atoms with E-state index in [0.29, 0.717) is 17.6 Å². The number of nitrogens with one attached hydrogen (secondary N) is 1. The summed E-state index contributed by atoms with van der Waals surface area (Å²) < 4.78 is 11.3. The van der Waals surface area contributed by atoms with E-state index in [1.165, 1.54) is 34.4 Å². The Bertz CT molecular complexity index is 911. The van der Waals surface area contributed by atoms with Crippen LogP contribution >= 0.6 is 0 Å². The number of rotatable bonds is 3. The zero-order chi connectivity index (χ0) is 21.9. The van der Waals surface area contributed by atoms with Gasteiger partial charge < -0.3 is 19.5 Å². The van der Waals surface area contributed by atoms with Gasteiger partial charge >= 0.3 is 5.97 Å². The van der Waals surface area contributed by atoms with E-state index in [1.807, 2.05) is 12.1 Å². The third-order valence-electron chi connectivity index (χ3n) is 9.04. The lowest BCUT2D eigenvalue weighted by molar-refractivity contribution is -0.934. The fourth-order valence-electron chi connectivity index (χ4n) is 7.19. The number of methoxy groups -OCH3 is 1.